The van der Waals surface area contributed by atoms with E-state index in [-0.39, 0.29) is 11.8 Å². The number of ether oxygens (including phenoxy) is 1. The van der Waals surface area contributed by atoms with Gasteiger partial charge in [0.1, 0.15) is 5.75 Å². The first-order valence-electron chi connectivity index (χ1n) is 8.94. The molecule has 1 heterocycles. The number of amides is 2. The third kappa shape index (κ3) is 5.87. The first kappa shape index (κ1) is 18.3. The average molecular weight is 332 g/mol. The van der Waals surface area contributed by atoms with E-state index in [1.54, 1.807) is 0 Å². The van der Waals surface area contributed by atoms with E-state index in [0.717, 1.165) is 38.1 Å². The van der Waals surface area contributed by atoms with Gasteiger partial charge in [0.2, 0.25) is 11.8 Å². The molecule has 0 spiro atoms. The summed E-state index contributed by atoms with van der Waals surface area (Å²) in [6.45, 7) is 5.23. The minimum Gasteiger partial charge on any atom is -0.493 e. The Hall–Kier alpha value is -2.04. The van der Waals surface area contributed by atoms with Crippen molar-refractivity contribution in [2.24, 2.45) is 0 Å². The first-order chi connectivity index (χ1) is 11.7. The van der Waals surface area contributed by atoms with Gasteiger partial charge in [0.05, 0.1) is 13.0 Å². The fourth-order valence-corrected chi connectivity index (χ4v) is 2.83. The SMILES string of the molecule is CCCCC(=O)N1CCCN(C(=O)CCOc2ccccc2)CC1. The molecule has 1 aromatic carbocycles. The zero-order chi connectivity index (χ0) is 17.2. The van der Waals surface area contributed by atoms with Crippen LogP contribution in [0.4, 0.5) is 0 Å². The van der Waals surface area contributed by atoms with Crippen molar-refractivity contribution < 1.29 is 14.3 Å². The van der Waals surface area contributed by atoms with Crippen LogP contribution < -0.4 is 4.74 Å². The molecule has 0 saturated carbocycles. The highest BCUT2D eigenvalue weighted by atomic mass is 16.5. The van der Waals surface area contributed by atoms with Gasteiger partial charge in [-0.1, -0.05) is 31.5 Å². The molecule has 24 heavy (non-hydrogen) atoms. The van der Waals surface area contributed by atoms with Gasteiger partial charge in [0.15, 0.2) is 0 Å². The zero-order valence-corrected chi connectivity index (χ0v) is 14.6. The van der Waals surface area contributed by atoms with Gasteiger partial charge in [0, 0.05) is 32.6 Å². The van der Waals surface area contributed by atoms with E-state index in [1.807, 2.05) is 40.1 Å². The van der Waals surface area contributed by atoms with Crippen molar-refractivity contribution in [2.45, 2.75) is 39.0 Å². The Labute approximate surface area is 144 Å². The van der Waals surface area contributed by atoms with Crippen molar-refractivity contribution in [3.8, 4) is 5.75 Å². The van der Waals surface area contributed by atoms with Crippen LogP contribution in [0.3, 0.4) is 0 Å². The van der Waals surface area contributed by atoms with Gasteiger partial charge >= 0.3 is 0 Å². The number of rotatable bonds is 7. The summed E-state index contributed by atoms with van der Waals surface area (Å²) in [5, 5.41) is 0. The molecule has 1 aromatic rings. The summed E-state index contributed by atoms with van der Waals surface area (Å²) < 4.78 is 5.59. The number of unbranched alkanes of at least 4 members (excludes halogenated alkanes) is 1. The van der Waals surface area contributed by atoms with Gasteiger partial charge in [-0.25, -0.2) is 0 Å². The molecule has 2 amide bonds. The summed E-state index contributed by atoms with van der Waals surface area (Å²) in [7, 11) is 0. The van der Waals surface area contributed by atoms with Crippen LogP contribution in [0.1, 0.15) is 39.0 Å². The van der Waals surface area contributed by atoms with E-state index in [4.69, 9.17) is 4.74 Å². The van der Waals surface area contributed by atoms with E-state index in [0.29, 0.717) is 32.5 Å². The van der Waals surface area contributed by atoms with Crippen LogP contribution in [-0.2, 0) is 9.59 Å². The molecule has 1 fully saturated rings. The predicted octanol–water partition coefficient (Wildman–Crippen LogP) is 2.71. The Kier molecular flexibility index (Phi) is 7.59. The predicted molar refractivity (Wildman–Crippen MR) is 93.9 cm³/mol. The average Bonchev–Trinajstić information content (AvgIpc) is 2.87. The maximum Gasteiger partial charge on any atom is 0.226 e. The lowest BCUT2D eigenvalue weighted by Crippen LogP contribution is -2.37. The smallest absolute Gasteiger partial charge is 0.226 e. The minimum absolute atomic E-state index is 0.105. The molecule has 0 unspecified atom stereocenters. The topological polar surface area (TPSA) is 49.9 Å². The van der Waals surface area contributed by atoms with Gasteiger partial charge in [-0.05, 0) is 25.0 Å². The number of hydrogen-bond acceptors (Lipinski definition) is 3. The molecule has 5 nitrogen and oxygen atoms in total. The van der Waals surface area contributed by atoms with Crippen LogP contribution in [0, 0.1) is 0 Å². The largest absolute Gasteiger partial charge is 0.493 e. The molecule has 2 rings (SSSR count). The summed E-state index contributed by atoms with van der Waals surface area (Å²) in [4.78, 5) is 28.2. The minimum atomic E-state index is 0.105. The molecule has 0 aliphatic carbocycles. The Bertz CT molecular complexity index is 519. The second kappa shape index (κ2) is 9.96. The molecule has 5 heteroatoms. The number of para-hydroxylation sites is 1. The fourth-order valence-electron chi connectivity index (χ4n) is 2.83. The van der Waals surface area contributed by atoms with E-state index in [9.17, 15) is 9.59 Å². The van der Waals surface area contributed by atoms with Crippen LogP contribution >= 0.6 is 0 Å². The maximum atomic E-state index is 12.3. The molecule has 0 radical (unpaired) electrons. The van der Waals surface area contributed by atoms with Crippen LogP contribution in [0.5, 0.6) is 5.75 Å². The van der Waals surface area contributed by atoms with Gasteiger partial charge in [-0.2, -0.15) is 0 Å². The molecule has 0 aromatic heterocycles. The van der Waals surface area contributed by atoms with E-state index < -0.39 is 0 Å². The Morgan fingerprint density at radius 1 is 0.958 bits per heavy atom. The third-order valence-electron chi connectivity index (χ3n) is 4.27. The van der Waals surface area contributed by atoms with Crippen LogP contribution in [0.2, 0.25) is 0 Å². The highest BCUT2D eigenvalue weighted by molar-refractivity contribution is 5.77. The highest BCUT2D eigenvalue weighted by Crippen LogP contribution is 2.11. The standard InChI is InChI=1S/C19H28N2O3/c1-2-3-10-18(22)20-12-7-13-21(15-14-20)19(23)11-16-24-17-8-5-4-6-9-17/h4-6,8-9H,2-3,7,10-16H2,1H3. The van der Waals surface area contributed by atoms with Gasteiger partial charge in [-0.3, -0.25) is 9.59 Å². The van der Waals surface area contributed by atoms with E-state index in [1.165, 1.54) is 0 Å². The van der Waals surface area contributed by atoms with Gasteiger partial charge in [-0.15, -0.1) is 0 Å². The van der Waals surface area contributed by atoms with Gasteiger partial charge in [0.25, 0.3) is 0 Å². The first-order valence-corrected chi connectivity index (χ1v) is 8.94. The number of nitrogens with zero attached hydrogens (tertiary/aromatic N) is 2. The Balaban J connectivity index is 1.72. The number of carbonyl (C=O) groups is 2. The monoisotopic (exact) mass is 332 g/mol. The van der Waals surface area contributed by atoms with Crippen molar-refractivity contribution in [2.75, 3.05) is 32.8 Å². The van der Waals surface area contributed by atoms with Crippen molar-refractivity contribution in [3.05, 3.63) is 30.3 Å². The van der Waals surface area contributed by atoms with E-state index >= 15 is 0 Å². The molecule has 1 saturated heterocycles. The second-order valence-corrected chi connectivity index (χ2v) is 6.13. The van der Waals surface area contributed by atoms with Crippen LogP contribution in [0.25, 0.3) is 0 Å². The number of carbonyl (C=O) groups excluding carboxylic acids is 2. The van der Waals surface area contributed by atoms with E-state index in [2.05, 4.69) is 6.92 Å². The molecule has 0 N–H and O–H groups in total. The Morgan fingerprint density at radius 3 is 2.21 bits per heavy atom. The number of benzene rings is 1. The summed E-state index contributed by atoms with van der Waals surface area (Å²) in [6, 6.07) is 9.53. The molecule has 0 bridgehead atoms. The summed E-state index contributed by atoms with van der Waals surface area (Å²) in [6.07, 6.45) is 3.82. The normalized spacial score (nSPS) is 15.0. The van der Waals surface area contributed by atoms with Crippen molar-refractivity contribution >= 4 is 11.8 Å². The van der Waals surface area contributed by atoms with Gasteiger partial charge < -0.3 is 14.5 Å². The zero-order valence-electron chi connectivity index (χ0n) is 14.6. The lowest BCUT2D eigenvalue weighted by atomic mass is 10.2. The van der Waals surface area contributed by atoms with Crippen molar-refractivity contribution in [1.82, 2.24) is 9.80 Å². The fraction of sp³-hybridized carbons (Fsp3) is 0.579. The van der Waals surface area contributed by atoms with Crippen LogP contribution in [-0.4, -0.2) is 54.4 Å². The molecule has 1 aliphatic heterocycles. The molecular formula is C19H28N2O3. The second-order valence-electron chi connectivity index (χ2n) is 6.13. The lowest BCUT2D eigenvalue weighted by molar-refractivity contribution is -0.133. The highest BCUT2D eigenvalue weighted by Gasteiger charge is 2.21. The quantitative estimate of drug-likeness (QED) is 0.771. The van der Waals surface area contributed by atoms with Crippen molar-refractivity contribution in [1.29, 1.82) is 0 Å². The Morgan fingerprint density at radius 2 is 1.58 bits per heavy atom. The summed E-state index contributed by atoms with van der Waals surface area (Å²) in [5.41, 5.74) is 0. The molecule has 132 valence electrons. The molecule has 1 aliphatic rings. The summed E-state index contributed by atoms with van der Waals surface area (Å²) in [5.74, 6) is 1.11. The van der Waals surface area contributed by atoms with Crippen LogP contribution in [0.15, 0.2) is 30.3 Å². The molecule has 0 atom stereocenters. The molecular weight excluding hydrogens is 304 g/mol. The lowest BCUT2D eigenvalue weighted by Gasteiger charge is -2.22. The third-order valence-corrected chi connectivity index (χ3v) is 4.27. The summed E-state index contributed by atoms with van der Waals surface area (Å²) >= 11 is 0. The maximum absolute atomic E-state index is 12.3. The number of hydrogen-bond donors (Lipinski definition) is 0. The van der Waals surface area contributed by atoms with Crippen molar-refractivity contribution in [3.63, 3.8) is 0 Å².